The van der Waals surface area contributed by atoms with E-state index in [0.717, 1.165) is 56.1 Å². The first kappa shape index (κ1) is 23.3. The molecule has 9 heteroatoms. The van der Waals surface area contributed by atoms with Crippen LogP contribution in [0.25, 0.3) is 11.2 Å². The molecule has 2 aliphatic rings. The first-order chi connectivity index (χ1) is 16.9. The zero-order valence-electron chi connectivity index (χ0n) is 20.6. The molecule has 0 spiro atoms. The molecule has 0 bridgehead atoms. The molecule has 2 aromatic heterocycles. The van der Waals surface area contributed by atoms with E-state index in [1.54, 1.807) is 31.4 Å². The summed E-state index contributed by atoms with van der Waals surface area (Å²) >= 11 is 0. The molecule has 2 amide bonds. The van der Waals surface area contributed by atoms with Gasteiger partial charge in [-0.1, -0.05) is 6.42 Å². The first-order valence-electron chi connectivity index (χ1n) is 12.3. The molecular weight excluding hydrogens is 444 g/mol. The van der Waals surface area contributed by atoms with E-state index in [2.05, 4.69) is 21.8 Å². The lowest BCUT2D eigenvalue weighted by atomic mass is 10.1. The number of carbonyl (C=O) groups excluding carboxylic acids is 2. The number of benzene rings is 1. The van der Waals surface area contributed by atoms with Crippen molar-refractivity contribution < 1.29 is 14.3 Å². The van der Waals surface area contributed by atoms with Crippen molar-refractivity contribution in [3.8, 4) is 5.75 Å². The maximum Gasteiger partial charge on any atom is 0.258 e. The van der Waals surface area contributed by atoms with E-state index in [-0.39, 0.29) is 11.8 Å². The summed E-state index contributed by atoms with van der Waals surface area (Å²) in [6, 6.07) is 6.95. The van der Waals surface area contributed by atoms with Gasteiger partial charge in [0.15, 0.2) is 5.65 Å². The normalized spacial score (nSPS) is 16.6. The van der Waals surface area contributed by atoms with Crippen molar-refractivity contribution in [1.29, 1.82) is 0 Å². The lowest BCUT2D eigenvalue weighted by Gasteiger charge is -2.32. The van der Waals surface area contributed by atoms with Crippen LogP contribution in [0.4, 0.5) is 5.69 Å². The Morgan fingerprint density at radius 1 is 1.00 bits per heavy atom. The van der Waals surface area contributed by atoms with Crippen LogP contribution in [0.3, 0.4) is 0 Å². The van der Waals surface area contributed by atoms with Crippen LogP contribution >= 0.6 is 0 Å². The molecule has 0 aliphatic carbocycles. The number of nitrogens with one attached hydrogen (secondary N) is 1. The van der Waals surface area contributed by atoms with E-state index in [1.807, 2.05) is 11.8 Å². The molecule has 1 aromatic carbocycles. The van der Waals surface area contributed by atoms with Crippen molar-refractivity contribution in [3.63, 3.8) is 0 Å². The lowest BCUT2D eigenvalue weighted by Crippen LogP contribution is -2.47. The van der Waals surface area contributed by atoms with Crippen LogP contribution < -0.4 is 10.1 Å². The average molecular weight is 477 g/mol. The number of methoxy groups -OCH3 is 1. The van der Waals surface area contributed by atoms with Gasteiger partial charge in [0, 0.05) is 50.4 Å². The topological polar surface area (TPSA) is 92.6 Å². The van der Waals surface area contributed by atoms with E-state index in [0.29, 0.717) is 41.2 Å². The Hall–Kier alpha value is -3.46. The highest BCUT2D eigenvalue weighted by Crippen LogP contribution is 2.29. The van der Waals surface area contributed by atoms with Crippen molar-refractivity contribution >= 4 is 28.7 Å². The number of imidazole rings is 1. The molecule has 0 unspecified atom stereocenters. The van der Waals surface area contributed by atoms with E-state index in [1.165, 1.54) is 6.42 Å². The van der Waals surface area contributed by atoms with Gasteiger partial charge in [0.2, 0.25) is 0 Å². The Morgan fingerprint density at radius 3 is 2.57 bits per heavy atom. The molecular formula is C26H32N6O3. The van der Waals surface area contributed by atoms with E-state index < -0.39 is 0 Å². The number of anilines is 1. The second-order valence-electron chi connectivity index (χ2n) is 9.44. The second-order valence-corrected chi connectivity index (χ2v) is 9.44. The lowest BCUT2D eigenvalue weighted by molar-refractivity contribution is 0.0664. The van der Waals surface area contributed by atoms with Crippen molar-refractivity contribution in [3.05, 3.63) is 46.9 Å². The predicted molar refractivity (Wildman–Crippen MR) is 134 cm³/mol. The highest BCUT2D eigenvalue weighted by atomic mass is 16.5. The quantitative estimate of drug-likeness (QED) is 0.622. The number of ether oxygens (including phenoxy) is 1. The largest absolute Gasteiger partial charge is 0.495 e. The Morgan fingerprint density at radius 2 is 1.80 bits per heavy atom. The highest BCUT2D eigenvalue weighted by molar-refractivity contribution is 6.12. The maximum absolute atomic E-state index is 13.5. The molecule has 5 rings (SSSR count). The molecule has 4 heterocycles. The summed E-state index contributed by atoms with van der Waals surface area (Å²) in [6.07, 6.45) is 4.24. The summed E-state index contributed by atoms with van der Waals surface area (Å²) in [6.45, 7) is 5.82. The van der Waals surface area contributed by atoms with Crippen molar-refractivity contribution in [2.45, 2.75) is 39.2 Å². The van der Waals surface area contributed by atoms with Gasteiger partial charge in [-0.15, -0.1) is 0 Å². The van der Waals surface area contributed by atoms with Crippen LogP contribution in [0, 0.1) is 6.92 Å². The molecule has 184 valence electrons. The molecule has 1 fully saturated rings. The maximum atomic E-state index is 13.5. The standard InChI is InChI=1S/C26H32N6O3/c1-17-15-19(23-24(27-17)32-10-6-4-5-7-22(32)29-23)25(33)28-20-16-18(8-9-21(20)35-3)26(34)31-13-11-30(2)12-14-31/h8-9,15-16H,4-7,10-14H2,1-3H3,(H,28,33). The van der Waals surface area contributed by atoms with Crippen LogP contribution in [-0.4, -0.2) is 76.5 Å². The Labute approximate surface area is 205 Å². The van der Waals surface area contributed by atoms with Gasteiger partial charge in [0.1, 0.15) is 17.1 Å². The smallest absolute Gasteiger partial charge is 0.258 e. The highest BCUT2D eigenvalue weighted by Gasteiger charge is 2.24. The van der Waals surface area contributed by atoms with Gasteiger partial charge >= 0.3 is 0 Å². The van der Waals surface area contributed by atoms with Crippen LogP contribution in [0.5, 0.6) is 5.75 Å². The third-order valence-corrected chi connectivity index (χ3v) is 6.92. The van der Waals surface area contributed by atoms with Gasteiger partial charge in [-0.25, -0.2) is 9.97 Å². The van der Waals surface area contributed by atoms with Crippen LogP contribution in [-0.2, 0) is 13.0 Å². The number of fused-ring (bicyclic) bond motifs is 3. The Kier molecular flexibility index (Phi) is 6.42. The second kappa shape index (κ2) is 9.65. The Bertz CT molecular complexity index is 1280. The summed E-state index contributed by atoms with van der Waals surface area (Å²) in [5.41, 5.74) is 3.61. The summed E-state index contributed by atoms with van der Waals surface area (Å²) in [7, 11) is 3.60. The van der Waals surface area contributed by atoms with Crippen molar-refractivity contribution in [2.24, 2.45) is 0 Å². The number of nitrogens with zero attached hydrogens (tertiary/aromatic N) is 5. The fourth-order valence-electron chi connectivity index (χ4n) is 4.91. The van der Waals surface area contributed by atoms with Crippen LogP contribution in [0.1, 0.15) is 51.5 Å². The van der Waals surface area contributed by atoms with Gasteiger partial charge in [-0.3, -0.25) is 9.59 Å². The Balaban J connectivity index is 1.45. The first-order valence-corrected chi connectivity index (χ1v) is 12.3. The molecule has 3 aromatic rings. The van der Waals surface area contributed by atoms with Gasteiger partial charge in [-0.2, -0.15) is 0 Å². The van der Waals surface area contributed by atoms with Crippen LogP contribution in [0.15, 0.2) is 24.3 Å². The van der Waals surface area contributed by atoms with Gasteiger partial charge in [0.25, 0.3) is 11.8 Å². The number of aromatic nitrogens is 3. The number of piperazine rings is 1. The third kappa shape index (κ3) is 4.60. The average Bonchev–Trinajstić information content (AvgIpc) is 3.03. The number of hydrogen-bond donors (Lipinski definition) is 1. The summed E-state index contributed by atoms with van der Waals surface area (Å²) in [4.78, 5) is 40.2. The van der Waals surface area contributed by atoms with Crippen molar-refractivity contribution in [2.75, 3.05) is 45.7 Å². The number of aryl methyl sites for hydroxylation is 3. The third-order valence-electron chi connectivity index (χ3n) is 6.92. The summed E-state index contributed by atoms with van der Waals surface area (Å²) in [5.74, 6) is 1.14. The van der Waals surface area contributed by atoms with Gasteiger partial charge < -0.3 is 24.4 Å². The zero-order chi connectivity index (χ0) is 24.5. The number of rotatable bonds is 4. The zero-order valence-corrected chi connectivity index (χ0v) is 20.6. The molecule has 35 heavy (non-hydrogen) atoms. The number of carbonyl (C=O) groups is 2. The van der Waals surface area contributed by atoms with E-state index in [9.17, 15) is 9.59 Å². The van der Waals surface area contributed by atoms with E-state index in [4.69, 9.17) is 14.7 Å². The SMILES string of the molecule is COc1ccc(C(=O)N2CCN(C)CC2)cc1NC(=O)c1cc(C)nc2c1nc1n2CCCCC1. The molecule has 1 saturated heterocycles. The monoisotopic (exact) mass is 476 g/mol. The van der Waals surface area contributed by atoms with E-state index >= 15 is 0 Å². The molecule has 2 aliphatic heterocycles. The summed E-state index contributed by atoms with van der Waals surface area (Å²) < 4.78 is 7.64. The van der Waals surface area contributed by atoms with Gasteiger partial charge in [-0.05, 0) is 51.1 Å². The number of pyridine rings is 1. The predicted octanol–water partition coefficient (Wildman–Crippen LogP) is 3.11. The van der Waals surface area contributed by atoms with Crippen molar-refractivity contribution in [1.82, 2.24) is 24.3 Å². The minimum Gasteiger partial charge on any atom is -0.495 e. The minimum atomic E-state index is -0.295. The molecule has 0 radical (unpaired) electrons. The molecule has 1 N–H and O–H groups in total. The van der Waals surface area contributed by atoms with Gasteiger partial charge in [0.05, 0.1) is 18.4 Å². The fraction of sp³-hybridized carbons (Fsp3) is 0.462. The fourth-order valence-corrected chi connectivity index (χ4v) is 4.91. The molecule has 0 atom stereocenters. The number of amides is 2. The molecule has 0 saturated carbocycles. The molecule has 9 nitrogen and oxygen atoms in total. The minimum absolute atomic E-state index is 0.0451. The number of hydrogen-bond acceptors (Lipinski definition) is 6. The van der Waals surface area contributed by atoms with Crippen LogP contribution in [0.2, 0.25) is 0 Å². The summed E-state index contributed by atoms with van der Waals surface area (Å²) in [5, 5.41) is 2.98. The number of likely N-dealkylation sites (N-methyl/N-ethyl adjacent to an activating group) is 1.